The molecular formula is C94H139NO21Si5. The van der Waals surface area contributed by atoms with Crippen LogP contribution in [0.15, 0.2) is 148 Å². The maximum Gasteiger partial charge on any atom is 0.338 e. The van der Waals surface area contributed by atoms with E-state index in [1.807, 2.05) is 101 Å². The summed E-state index contributed by atoms with van der Waals surface area (Å²) < 4.78 is 70.7. The van der Waals surface area contributed by atoms with E-state index < -0.39 is 188 Å². The fraction of sp³-hybridized carbons (Fsp3) is 0.628. The van der Waals surface area contributed by atoms with Crippen LogP contribution in [-0.2, 0) is 65.3 Å². The van der Waals surface area contributed by atoms with E-state index in [2.05, 4.69) is 115 Å². The van der Waals surface area contributed by atoms with E-state index in [-0.39, 0.29) is 76.5 Å². The topological polar surface area (TPSA) is 308 Å². The molecule has 2 heterocycles. The Labute approximate surface area is 723 Å². The lowest BCUT2D eigenvalue weighted by Gasteiger charge is -2.68. The number of Topliss-reactive ketones (excluding diaryl/α,β-unsaturated/α-hetero) is 2. The molecule has 8 aliphatic rings. The smallest absolute Gasteiger partial charge is 0.338 e. The standard InChI is InChI=1S/C43H60O10Si2.C37H46O10Si.C14H33NOSi2/c1-26-30(45)24-43(48)37(50-38(47)28-19-15-13-16-20-28)35-41(8,36(46)34(33(26)40(43,6)7)53-55(11,12)39(3,4)5)31(23-32-42(35,25-49-32)51-27(2)44)52-54(9,10)29-21-17-14-18-22-29;1-21-25(39)19-37(43)32(45-33(42)23-14-10-8-11-15-23)30-35(5,31(41)29(40)28(21)34(37,3)4)26(18-27-36(30,20-44-27)46-22(2)38)47-48(6,7)24-16-12-9-13-17-24;1-12(15-17(8,9)13(2,3)4)16-18(10,11)14(5,6)7/h13-22,30-32,34-35,37,45,48H,23-25H2,1-12H3;8-17,25-27,29-30,32,39-40,43H,18-20H2,1-7H3;1-11H3/t30-,31-,32+,34+,35?,37-,41+,42-,43+;25-,26-,27+,29+,30?,32-,35+,36-,37+;/m00./s1. The number of aliphatic hydroxyl groups excluding tert-OH is 3. The monoisotopic (exact) mass is 1760 g/mol. The highest BCUT2D eigenvalue weighted by atomic mass is 28.4. The molecule has 22 nitrogen and oxygen atoms in total. The van der Waals surface area contributed by atoms with Gasteiger partial charge < -0.3 is 71.7 Å². The van der Waals surface area contributed by atoms with E-state index in [0.29, 0.717) is 16.7 Å². The van der Waals surface area contributed by atoms with Crippen molar-refractivity contribution in [2.24, 2.45) is 38.2 Å². The minimum absolute atomic E-state index is 0.0923. The van der Waals surface area contributed by atoms with Crippen LogP contribution in [0.25, 0.3) is 0 Å². The van der Waals surface area contributed by atoms with Gasteiger partial charge in [-0.15, -0.1) is 0 Å². The van der Waals surface area contributed by atoms with Crippen LogP contribution in [-0.4, -0.2) is 205 Å². The summed E-state index contributed by atoms with van der Waals surface area (Å²) in [5.74, 6) is -5.24. The van der Waals surface area contributed by atoms with Gasteiger partial charge in [0, 0.05) is 57.3 Å². The molecule has 121 heavy (non-hydrogen) atoms. The Morgan fingerprint density at radius 1 is 0.471 bits per heavy atom. The van der Waals surface area contributed by atoms with Gasteiger partial charge in [-0.3, -0.25) is 23.8 Å². The zero-order chi connectivity index (χ0) is 90.8. The van der Waals surface area contributed by atoms with Crippen molar-refractivity contribution in [3.05, 3.63) is 155 Å². The highest BCUT2D eigenvalue weighted by molar-refractivity contribution is 6.85. The number of rotatable bonds is 16. The Bertz CT molecular complexity index is 4630. The molecule has 2 aliphatic heterocycles. The summed E-state index contributed by atoms with van der Waals surface area (Å²) in [7, 11) is -11.7. The Hall–Kier alpha value is -6.27. The first-order valence-corrected chi connectivity index (χ1v) is 57.5. The second-order valence-corrected chi connectivity index (χ2v) is 64.5. The van der Waals surface area contributed by atoms with Crippen molar-refractivity contribution in [2.45, 2.75) is 328 Å². The summed E-state index contributed by atoms with van der Waals surface area (Å²) >= 11 is 0. The van der Waals surface area contributed by atoms with E-state index in [4.69, 9.17) is 50.8 Å². The first-order valence-electron chi connectivity index (χ1n) is 42.9. The number of carbonyl (C=O) groups is 6. The van der Waals surface area contributed by atoms with Gasteiger partial charge in [0.15, 0.2) is 45.2 Å². The van der Waals surface area contributed by atoms with Crippen molar-refractivity contribution >= 4 is 93.2 Å². The Morgan fingerprint density at radius 2 is 0.810 bits per heavy atom. The van der Waals surface area contributed by atoms with Gasteiger partial charge in [0.05, 0.1) is 71.4 Å². The molecule has 4 bridgehead atoms. The van der Waals surface area contributed by atoms with Gasteiger partial charge in [0.25, 0.3) is 8.32 Å². The maximum absolute atomic E-state index is 16.4. The molecule has 666 valence electrons. The van der Waals surface area contributed by atoms with Crippen LogP contribution < -0.4 is 10.4 Å². The van der Waals surface area contributed by atoms with Crippen molar-refractivity contribution in [3.8, 4) is 0 Å². The third kappa shape index (κ3) is 17.2. The molecule has 5 N–H and O–H groups in total. The second-order valence-electron chi connectivity index (χ2n) is 42.5. The number of ketones is 2. The third-order valence-electron chi connectivity index (χ3n) is 30.3. The highest BCUT2D eigenvalue weighted by Crippen LogP contribution is 2.68. The van der Waals surface area contributed by atoms with Crippen molar-refractivity contribution in [1.82, 2.24) is 0 Å². The van der Waals surface area contributed by atoms with Gasteiger partial charge in [-0.25, -0.2) is 9.59 Å². The number of aliphatic hydroxyl groups is 5. The lowest BCUT2D eigenvalue weighted by Crippen LogP contribution is -2.82. The molecule has 0 amide bonds. The van der Waals surface area contributed by atoms with E-state index in [1.54, 1.807) is 95.3 Å². The van der Waals surface area contributed by atoms with E-state index in [1.165, 1.54) is 13.8 Å². The van der Waals surface area contributed by atoms with Gasteiger partial charge in [0.2, 0.25) is 16.6 Å². The molecule has 4 saturated carbocycles. The van der Waals surface area contributed by atoms with Gasteiger partial charge in [-0.1, -0.05) is 187 Å². The average Bonchev–Trinajstić information content (AvgIpc) is 0.669. The Kier molecular flexibility index (Phi) is 26.8. The minimum atomic E-state index is -2.81. The van der Waals surface area contributed by atoms with Crippen LogP contribution >= 0.6 is 0 Å². The molecule has 2 unspecified atom stereocenters. The lowest BCUT2D eigenvalue weighted by atomic mass is 9.44. The molecule has 4 aromatic rings. The van der Waals surface area contributed by atoms with E-state index in [9.17, 15) is 44.7 Å². The highest BCUT2D eigenvalue weighted by Gasteiger charge is 2.81. The Balaban J connectivity index is 0.000000213. The molecule has 18 atom stereocenters. The summed E-state index contributed by atoms with van der Waals surface area (Å²) in [6.45, 7) is 59.7. The number of ether oxygens (including phenoxy) is 6. The first kappa shape index (κ1) is 96.9. The molecule has 6 fully saturated rings. The van der Waals surface area contributed by atoms with Crippen LogP contribution in [0.2, 0.25) is 80.6 Å². The number of nitrogens with zero attached hydrogens (tertiary/aromatic N) is 1. The number of esters is 4. The molecule has 6 aliphatic carbocycles. The van der Waals surface area contributed by atoms with E-state index >= 15 is 9.59 Å². The quantitative estimate of drug-likeness (QED) is 0.0174. The molecule has 27 heteroatoms. The number of hydrogen-bond donors (Lipinski definition) is 5. The summed E-state index contributed by atoms with van der Waals surface area (Å²) in [6, 6.07) is 36.4. The van der Waals surface area contributed by atoms with Gasteiger partial charge in [0.1, 0.15) is 47.8 Å². The average molecular weight is 1760 g/mol. The van der Waals surface area contributed by atoms with Crippen molar-refractivity contribution in [1.29, 1.82) is 0 Å². The maximum atomic E-state index is 16.4. The summed E-state index contributed by atoms with van der Waals surface area (Å²) in [5.41, 5.74) is -11.1. The van der Waals surface area contributed by atoms with E-state index in [0.717, 1.165) is 16.3 Å². The molecule has 0 spiro atoms. The second kappa shape index (κ2) is 33.5. The fourth-order valence-electron chi connectivity index (χ4n) is 19.8. The lowest BCUT2D eigenvalue weighted by molar-refractivity contribution is -0.344. The number of hydrogen-bond acceptors (Lipinski definition) is 22. The molecule has 2 saturated heterocycles. The van der Waals surface area contributed by atoms with Crippen LogP contribution in [0.4, 0.5) is 0 Å². The number of benzene rings is 4. The molecule has 0 radical (unpaired) electrons. The zero-order valence-electron chi connectivity index (χ0n) is 77.4. The van der Waals surface area contributed by atoms with Crippen LogP contribution in [0.1, 0.15) is 185 Å². The van der Waals surface area contributed by atoms with Gasteiger partial charge in [-0.2, -0.15) is 0 Å². The predicted molar refractivity (Wildman–Crippen MR) is 480 cm³/mol. The van der Waals surface area contributed by atoms with Crippen molar-refractivity contribution < 1.29 is 100 Å². The predicted octanol–water partition coefficient (Wildman–Crippen LogP) is 14.9. The minimum Gasteiger partial charge on any atom is -0.535 e. The third-order valence-corrected chi connectivity index (χ3v) is 48.9. The summed E-state index contributed by atoms with van der Waals surface area (Å²) in [5, 5.41) is 64.3. The van der Waals surface area contributed by atoms with Crippen molar-refractivity contribution in [2.75, 3.05) is 13.2 Å². The molecule has 12 rings (SSSR count). The molecular weight excluding hydrogens is 1620 g/mol. The van der Waals surface area contributed by atoms with Crippen LogP contribution in [0, 0.1) is 33.5 Å². The summed E-state index contributed by atoms with van der Waals surface area (Å²) in [4.78, 5) is 86.0. The van der Waals surface area contributed by atoms with Crippen molar-refractivity contribution in [3.63, 3.8) is 0 Å². The van der Waals surface area contributed by atoms with Gasteiger partial charge >= 0.3 is 23.9 Å². The van der Waals surface area contributed by atoms with Crippen LogP contribution in [0.5, 0.6) is 0 Å². The normalized spacial score (nSPS) is 32.9. The SMILES string of the molecule is CC(=N[Si](C)(C)C(C)(C)C)O[Si](C)(C)C(C)(C)C.CC(=O)O[C@@]12CO[C@@H]1C[C@H](O[Si](C)(C)c1ccccc1)[C@@]1(C)C(=O)[C@H](O)C3=C(C)[C@@H](O)C[C@@](O)([C@@H](OC(=O)c4ccccc4)C12)C3(C)C.CC(=O)O[C@@]12CO[C@@H]1C[C@H](O[Si](C)(C)c1ccccc1)[C@@]1(C)C(=O)[C@H](O[Si](C)(C)C(C)(C)C)C3=C(C)[C@@H](O)C[C@@](O)([C@@H](OC(=O)c4ccccc4)C12)C3(C)C. The number of carbonyl (C=O) groups excluding carboxylic acids is 6. The first-order chi connectivity index (χ1) is 55.4. The molecule has 4 aromatic carbocycles. The largest absolute Gasteiger partial charge is 0.535 e. The Morgan fingerprint density at radius 3 is 1.14 bits per heavy atom. The summed E-state index contributed by atoms with van der Waals surface area (Å²) in [6.07, 6.45) is -11.9. The zero-order valence-corrected chi connectivity index (χ0v) is 82.4. The fourth-order valence-corrected chi connectivity index (χ4v) is 27.7. The van der Waals surface area contributed by atoms with Crippen LogP contribution in [0.3, 0.4) is 0 Å². The van der Waals surface area contributed by atoms with Gasteiger partial charge in [-0.05, 0) is 165 Å². The molecule has 0 aromatic heterocycles. The number of fused-ring (bicyclic) bond motifs is 10.